The van der Waals surface area contributed by atoms with Gasteiger partial charge in [0.1, 0.15) is 17.3 Å². The van der Waals surface area contributed by atoms with Crippen molar-refractivity contribution < 1.29 is 19.3 Å². The highest BCUT2D eigenvalue weighted by molar-refractivity contribution is 7.24. The van der Waals surface area contributed by atoms with Crippen LogP contribution in [0.3, 0.4) is 0 Å². The smallest absolute Gasteiger partial charge is 0.195 e. The Morgan fingerprint density at radius 3 is 2.16 bits per heavy atom. The zero-order valence-corrected chi connectivity index (χ0v) is 18.7. The zero-order valence-electron chi connectivity index (χ0n) is 17.1. The van der Waals surface area contributed by atoms with Gasteiger partial charge in [0.25, 0.3) is 0 Å². The van der Waals surface area contributed by atoms with Gasteiger partial charge < -0.3 is 20.7 Å². The molecule has 0 aliphatic rings. The molecule has 0 atom stereocenters. The van der Waals surface area contributed by atoms with Crippen molar-refractivity contribution >= 4 is 43.9 Å². The fraction of sp³-hybridized carbons (Fsp3) is 0.208. The molecule has 4 rings (SSSR count). The highest BCUT2D eigenvalue weighted by Gasteiger charge is 2.22. The Labute approximate surface area is 194 Å². The minimum Gasteiger partial charge on any atom is -0.457 e. The topological polar surface area (TPSA) is 92.8 Å². The molecule has 1 heterocycles. The van der Waals surface area contributed by atoms with E-state index in [4.69, 9.17) is 10.5 Å². The summed E-state index contributed by atoms with van der Waals surface area (Å²) >= 11 is 1.48. The summed E-state index contributed by atoms with van der Waals surface area (Å²) in [5.74, 6) is 0.731. The van der Waals surface area contributed by atoms with Crippen LogP contribution in [0.2, 0.25) is 0 Å². The maximum absolute atomic E-state index is 13.1. The van der Waals surface area contributed by atoms with Gasteiger partial charge in [0.2, 0.25) is 0 Å². The summed E-state index contributed by atoms with van der Waals surface area (Å²) in [5.41, 5.74) is 5.85. The highest BCUT2D eigenvalue weighted by atomic mass is 35.5. The van der Waals surface area contributed by atoms with Crippen molar-refractivity contribution in [3.63, 3.8) is 0 Å². The molecule has 0 spiro atoms. The molecule has 0 saturated heterocycles. The molecule has 0 bridgehead atoms. The van der Waals surface area contributed by atoms with Gasteiger partial charge in [0.15, 0.2) is 5.43 Å². The average molecular weight is 476 g/mol. The SMILES string of the molecule is Cl.NC(CO)(CO)CCc1ccc2c(=O)c3ccc(Oc4ccc(F)cc4)cc3sc2c1. The number of aliphatic hydroxyl groups is 2. The lowest BCUT2D eigenvalue weighted by atomic mass is 9.94. The summed E-state index contributed by atoms with van der Waals surface area (Å²) in [6, 6.07) is 16.7. The van der Waals surface area contributed by atoms with Crippen molar-refractivity contribution in [2.75, 3.05) is 13.2 Å². The van der Waals surface area contributed by atoms with Crippen LogP contribution >= 0.6 is 23.7 Å². The average Bonchev–Trinajstić information content (AvgIpc) is 2.79. The zero-order chi connectivity index (χ0) is 22.0. The van der Waals surface area contributed by atoms with E-state index in [1.54, 1.807) is 30.3 Å². The fourth-order valence-electron chi connectivity index (χ4n) is 3.34. The molecule has 0 radical (unpaired) electrons. The summed E-state index contributed by atoms with van der Waals surface area (Å²) in [6.45, 7) is -0.599. The van der Waals surface area contributed by atoms with E-state index in [1.165, 1.54) is 23.5 Å². The van der Waals surface area contributed by atoms with E-state index in [-0.39, 0.29) is 36.9 Å². The van der Waals surface area contributed by atoms with Crippen LogP contribution < -0.4 is 15.9 Å². The lowest BCUT2D eigenvalue weighted by molar-refractivity contribution is 0.115. The first-order chi connectivity index (χ1) is 14.9. The van der Waals surface area contributed by atoms with Crippen LogP contribution in [-0.2, 0) is 6.42 Å². The molecule has 8 heteroatoms. The summed E-state index contributed by atoms with van der Waals surface area (Å²) in [4.78, 5) is 13.0. The van der Waals surface area contributed by atoms with Crippen LogP contribution in [-0.4, -0.2) is 29.0 Å². The minimum absolute atomic E-state index is 0. The van der Waals surface area contributed by atoms with Crippen LogP contribution in [0.15, 0.2) is 65.5 Å². The second-order valence-corrected chi connectivity index (χ2v) is 8.74. The van der Waals surface area contributed by atoms with Gasteiger partial charge in [-0.25, -0.2) is 4.39 Å². The number of benzene rings is 3. The van der Waals surface area contributed by atoms with Gasteiger partial charge in [-0.15, -0.1) is 23.7 Å². The number of aliphatic hydroxyl groups excluding tert-OH is 2. The first-order valence-electron chi connectivity index (χ1n) is 9.84. The molecule has 4 N–H and O–H groups in total. The van der Waals surface area contributed by atoms with Crippen molar-refractivity contribution in [3.8, 4) is 11.5 Å². The Morgan fingerprint density at radius 1 is 0.906 bits per heavy atom. The molecule has 4 aromatic rings. The molecule has 0 amide bonds. The number of halogens is 2. The van der Waals surface area contributed by atoms with E-state index >= 15 is 0 Å². The number of rotatable bonds is 7. The predicted octanol–water partition coefficient (Wildman–Crippen LogP) is 4.38. The first kappa shape index (κ1) is 24.1. The van der Waals surface area contributed by atoms with E-state index in [9.17, 15) is 19.4 Å². The molecule has 1 aromatic heterocycles. The molecule has 0 aliphatic heterocycles. The summed E-state index contributed by atoms with van der Waals surface area (Å²) in [7, 11) is 0. The molecule has 168 valence electrons. The largest absolute Gasteiger partial charge is 0.457 e. The number of nitrogens with two attached hydrogens (primary N) is 1. The monoisotopic (exact) mass is 475 g/mol. The number of hydrogen-bond acceptors (Lipinski definition) is 6. The third-order valence-corrected chi connectivity index (χ3v) is 6.41. The van der Waals surface area contributed by atoms with Gasteiger partial charge in [0.05, 0.1) is 18.8 Å². The Kier molecular flexibility index (Phi) is 7.48. The van der Waals surface area contributed by atoms with Crippen molar-refractivity contribution in [1.82, 2.24) is 0 Å². The Bertz CT molecular complexity index is 1290. The predicted molar refractivity (Wildman–Crippen MR) is 129 cm³/mol. The lowest BCUT2D eigenvalue weighted by Crippen LogP contribution is -2.47. The normalized spacial score (nSPS) is 11.5. The molecule has 0 fully saturated rings. The van der Waals surface area contributed by atoms with Crippen molar-refractivity contribution in [3.05, 3.63) is 82.3 Å². The Hall–Kier alpha value is -2.55. The molecular weight excluding hydrogens is 453 g/mol. The van der Waals surface area contributed by atoms with Crippen LogP contribution in [0.4, 0.5) is 4.39 Å². The number of fused-ring (bicyclic) bond motifs is 2. The van der Waals surface area contributed by atoms with Gasteiger partial charge >= 0.3 is 0 Å². The Balaban J connectivity index is 0.00000289. The van der Waals surface area contributed by atoms with E-state index in [2.05, 4.69) is 0 Å². The van der Waals surface area contributed by atoms with Gasteiger partial charge in [-0.05, 0) is 73.0 Å². The van der Waals surface area contributed by atoms with Gasteiger partial charge in [-0.2, -0.15) is 0 Å². The second kappa shape index (κ2) is 9.94. The lowest BCUT2D eigenvalue weighted by Gasteiger charge is -2.24. The third kappa shape index (κ3) is 5.09. The molecule has 32 heavy (non-hydrogen) atoms. The molecular formula is C24H23ClFNO4S. The van der Waals surface area contributed by atoms with E-state index in [0.717, 1.165) is 15.0 Å². The molecule has 5 nitrogen and oxygen atoms in total. The number of hydrogen-bond donors (Lipinski definition) is 3. The maximum Gasteiger partial charge on any atom is 0.195 e. The fourth-order valence-corrected chi connectivity index (χ4v) is 4.50. The van der Waals surface area contributed by atoms with Crippen molar-refractivity contribution in [2.45, 2.75) is 18.4 Å². The molecule has 0 aliphatic carbocycles. The van der Waals surface area contributed by atoms with E-state index in [1.807, 2.05) is 18.2 Å². The van der Waals surface area contributed by atoms with Crippen LogP contribution in [0.1, 0.15) is 12.0 Å². The second-order valence-electron chi connectivity index (χ2n) is 7.65. The standard InChI is InChI=1S/C24H22FNO4S.ClH/c25-16-2-4-17(5-3-16)30-18-6-8-20-22(12-18)31-21-11-15(1-7-19(21)23(20)29)9-10-24(26,13-27)14-28;/h1-8,11-12,27-28H,9-10,13-14,26H2;1H. The Morgan fingerprint density at radius 2 is 1.50 bits per heavy atom. The van der Waals surface area contributed by atoms with Crippen LogP contribution in [0, 0.1) is 5.82 Å². The van der Waals surface area contributed by atoms with E-state index in [0.29, 0.717) is 35.1 Å². The van der Waals surface area contributed by atoms with Gasteiger partial charge in [-0.3, -0.25) is 4.79 Å². The molecule has 3 aromatic carbocycles. The molecule has 0 saturated carbocycles. The van der Waals surface area contributed by atoms with Crippen LogP contribution in [0.25, 0.3) is 20.2 Å². The summed E-state index contributed by atoms with van der Waals surface area (Å²) in [6.07, 6.45) is 0.990. The molecule has 0 unspecified atom stereocenters. The maximum atomic E-state index is 13.1. The van der Waals surface area contributed by atoms with E-state index < -0.39 is 5.54 Å². The first-order valence-corrected chi connectivity index (χ1v) is 10.7. The quantitative estimate of drug-likeness (QED) is 0.345. The third-order valence-electron chi connectivity index (χ3n) is 5.30. The number of ether oxygens (including phenoxy) is 1. The highest BCUT2D eigenvalue weighted by Crippen LogP contribution is 2.31. The summed E-state index contributed by atoms with van der Waals surface area (Å²) < 4.78 is 20.5. The van der Waals surface area contributed by atoms with Crippen LogP contribution in [0.5, 0.6) is 11.5 Å². The van der Waals surface area contributed by atoms with Crippen molar-refractivity contribution in [1.29, 1.82) is 0 Å². The summed E-state index contributed by atoms with van der Waals surface area (Å²) in [5, 5.41) is 20.0. The number of aryl methyl sites for hydroxylation is 1. The minimum atomic E-state index is -1.03. The van der Waals surface area contributed by atoms with Gasteiger partial charge in [0, 0.05) is 20.2 Å². The van der Waals surface area contributed by atoms with Gasteiger partial charge in [-0.1, -0.05) is 6.07 Å². The van der Waals surface area contributed by atoms with Crippen molar-refractivity contribution in [2.24, 2.45) is 5.73 Å².